The van der Waals surface area contributed by atoms with Crippen LogP contribution in [-0.2, 0) is 53.0 Å². The summed E-state index contributed by atoms with van der Waals surface area (Å²) in [5.74, 6) is -0.0860. The van der Waals surface area contributed by atoms with Gasteiger partial charge in [0, 0.05) is 19.8 Å². The molecule has 0 bridgehead atoms. The molecule has 3 aromatic rings. The smallest absolute Gasteiger partial charge is 0.410 e. The van der Waals surface area contributed by atoms with E-state index in [0.717, 1.165) is 42.4 Å². The first-order valence-corrected chi connectivity index (χ1v) is 22.0. The Hall–Kier alpha value is -3.80. The Bertz CT molecular complexity index is 1650. The van der Waals surface area contributed by atoms with Gasteiger partial charge in [0.25, 0.3) is 0 Å². The molecule has 8 atom stereocenters. The molecule has 2 fully saturated rings. The Balaban J connectivity index is 1.51. The van der Waals surface area contributed by atoms with Gasteiger partial charge in [-0.1, -0.05) is 131 Å². The molecule has 0 saturated carbocycles. The maximum atomic E-state index is 14.7. The van der Waals surface area contributed by atoms with Crippen molar-refractivity contribution in [1.29, 1.82) is 0 Å². The number of carbonyl (C=O) groups excluding carboxylic acids is 2. The van der Waals surface area contributed by atoms with Crippen LogP contribution in [0.25, 0.3) is 0 Å². The second kappa shape index (κ2) is 23.3. The zero-order chi connectivity index (χ0) is 42.2. The summed E-state index contributed by atoms with van der Waals surface area (Å²) >= 11 is 0. The third kappa shape index (κ3) is 14.1. The molecule has 2 amide bonds. The van der Waals surface area contributed by atoms with E-state index in [1.54, 1.807) is 4.90 Å². The molecule has 324 valence electrons. The lowest BCUT2D eigenvalue weighted by atomic mass is 9.85. The molecule has 2 saturated heterocycles. The van der Waals surface area contributed by atoms with Crippen LogP contribution in [0.3, 0.4) is 0 Å². The third-order valence-electron chi connectivity index (χ3n) is 11.2. The molecule has 2 aliphatic rings. The average Bonchev–Trinajstić information content (AvgIpc) is 3.66. The normalized spacial score (nSPS) is 23.9. The highest BCUT2D eigenvalue weighted by Crippen LogP contribution is 2.36. The van der Waals surface area contributed by atoms with Crippen LogP contribution in [0.15, 0.2) is 91.0 Å². The van der Waals surface area contributed by atoms with E-state index in [1.165, 1.54) is 0 Å². The number of carbonyl (C=O) groups is 2. The molecular formula is C49H70N2O8. The number of nitrogens with zero attached hydrogens (tertiary/aromatic N) is 1. The van der Waals surface area contributed by atoms with Crippen molar-refractivity contribution in [3.8, 4) is 0 Å². The molecule has 8 unspecified atom stereocenters. The SMILES string of the molecule is CCCCCC1CC(C(=O)NC(C(C)C)C2OC(CCOCC)C(OCc3ccccc3)C(OCc3ccccc3)C2OCc2ccccc2)N(C(=O)OC(C)(C)C)C1. The minimum Gasteiger partial charge on any atom is -0.444 e. The molecule has 0 radical (unpaired) electrons. The number of amides is 2. The number of likely N-dealkylation sites (tertiary alicyclic amines) is 1. The van der Waals surface area contributed by atoms with Gasteiger partial charge in [-0.05, 0) is 75.5 Å². The molecular weight excluding hydrogens is 745 g/mol. The van der Waals surface area contributed by atoms with Gasteiger partial charge in [0.1, 0.15) is 36.1 Å². The van der Waals surface area contributed by atoms with Gasteiger partial charge < -0.3 is 33.7 Å². The second-order valence-electron chi connectivity index (χ2n) is 17.4. The first-order valence-electron chi connectivity index (χ1n) is 22.0. The first-order chi connectivity index (χ1) is 28.5. The van der Waals surface area contributed by atoms with Gasteiger partial charge in [0.15, 0.2) is 0 Å². The van der Waals surface area contributed by atoms with Crippen molar-refractivity contribution in [2.24, 2.45) is 11.8 Å². The van der Waals surface area contributed by atoms with Crippen LogP contribution >= 0.6 is 0 Å². The van der Waals surface area contributed by atoms with Crippen LogP contribution in [0, 0.1) is 11.8 Å². The first kappa shape index (κ1) is 46.3. The molecule has 10 heteroatoms. The Morgan fingerprint density at radius 1 is 0.763 bits per heavy atom. The number of hydrogen-bond donors (Lipinski definition) is 1. The van der Waals surface area contributed by atoms with Crippen LogP contribution in [0.1, 0.15) is 104 Å². The molecule has 59 heavy (non-hydrogen) atoms. The van der Waals surface area contributed by atoms with E-state index in [9.17, 15) is 9.59 Å². The third-order valence-corrected chi connectivity index (χ3v) is 11.2. The lowest BCUT2D eigenvalue weighted by Crippen LogP contribution is -2.66. The zero-order valence-electron chi connectivity index (χ0n) is 36.6. The Morgan fingerprint density at radius 3 is 1.81 bits per heavy atom. The van der Waals surface area contributed by atoms with Crippen molar-refractivity contribution in [1.82, 2.24) is 10.2 Å². The predicted octanol–water partition coefficient (Wildman–Crippen LogP) is 9.28. The lowest BCUT2D eigenvalue weighted by Gasteiger charge is -2.49. The topological polar surface area (TPSA) is 105 Å². The fourth-order valence-electron chi connectivity index (χ4n) is 8.16. The summed E-state index contributed by atoms with van der Waals surface area (Å²) in [5.41, 5.74) is 2.37. The van der Waals surface area contributed by atoms with E-state index in [2.05, 4.69) is 26.1 Å². The van der Waals surface area contributed by atoms with Gasteiger partial charge in [-0.3, -0.25) is 9.69 Å². The van der Waals surface area contributed by atoms with E-state index < -0.39 is 54.3 Å². The van der Waals surface area contributed by atoms with Crippen LogP contribution in [0.4, 0.5) is 4.79 Å². The van der Waals surface area contributed by atoms with E-state index in [1.807, 2.05) is 119 Å². The van der Waals surface area contributed by atoms with Gasteiger partial charge in [-0.15, -0.1) is 0 Å². The van der Waals surface area contributed by atoms with Gasteiger partial charge in [-0.25, -0.2) is 4.79 Å². The number of hydrogen-bond acceptors (Lipinski definition) is 8. The standard InChI is InChI=1S/C49H70N2O8/c1-8-10-14-27-39-30-40(51(31-39)48(53)59-49(5,6)7)47(52)50-42(35(3)4)44-46(57-34-38-25-19-13-20-26-38)45(56-33-37-23-17-12-18-24-37)43(41(58-44)28-29-54-9-2)55-32-36-21-15-11-16-22-36/h11-13,15-26,35,39-46H,8-10,14,27-34H2,1-7H3,(H,50,52). The monoisotopic (exact) mass is 815 g/mol. The Kier molecular flexibility index (Phi) is 18.2. The number of rotatable bonds is 21. The quantitative estimate of drug-likeness (QED) is 0.106. The lowest BCUT2D eigenvalue weighted by molar-refractivity contribution is -0.273. The number of ether oxygens (including phenoxy) is 6. The summed E-state index contributed by atoms with van der Waals surface area (Å²) in [6.45, 7) is 16.4. The van der Waals surface area contributed by atoms with Crippen molar-refractivity contribution >= 4 is 12.0 Å². The molecule has 2 aliphatic heterocycles. The molecule has 0 aromatic heterocycles. The number of nitrogens with one attached hydrogen (secondary N) is 1. The minimum atomic E-state index is -0.692. The van der Waals surface area contributed by atoms with Crippen LogP contribution in [0.5, 0.6) is 0 Å². The Morgan fingerprint density at radius 2 is 1.31 bits per heavy atom. The number of unbranched alkanes of at least 4 members (excludes halogenated alkanes) is 2. The zero-order valence-corrected chi connectivity index (χ0v) is 36.6. The molecule has 3 aromatic carbocycles. The summed E-state index contributed by atoms with van der Waals surface area (Å²) in [4.78, 5) is 30.0. The molecule has 0 spiro atoms. The molecule has 10 nitrogen and oxygen atoms in total. The van der Waals surface area contributed by atoms with Gasteiger partial charge in [-0.2, -0.15) is 0 Å². The molecule has 2 heterocycles. The van der Waals surface area contributed by atoms with Gasteiger partial charge >= 0.3 is 6.09 Å². The van der Waals surface area contributed by atoms with Crippen molar-refractivity contribution in [3.05, 3.63) is 108 Å². The predicted molar refractivity (Wildman–Crippen MR) is 231 cm³/mol. The summed E-state index contributed by atoms with van der Waals surface area (Å²) in [6.07, 6.45) is 2.07. The van der Waals surface area contributed by atoms with Crippen LogP contribution in [0.2, 0.25) is 0 Å². The highest BCUT2D eigenvalue weighted by Gasteiger charge is 2.52. The van der Waals surface area contributed by atoms with E-state index in [-0.39, 0.29) is 17.7 Å². The maximum Gasteiger partial charge on any atom is 0.410 e. The molecule has 1 N–H and O–H groups in total. The summed E-state index contributed by atoms with van der Waals surface area (Å²) in [5, 5.41) is 3.43. The van der Waals surface area contributed by atoms with Crippen molar-refractivity contribution in [2.45, 2.75) is 155 Å². The van der Waals surface area contributed by atoms with E-state index in [4.69, 9.17) is 28.4 Å². The average molecular weight is 815 g/mol. The van der Waals surface area contributed by atoms with Crippen LogP contribution < -0.4 is 5.32 Å². The Labute approximate surface area is 353 Å². The number of benzene rings is 3. The highest BCUT2D eigenvalue weighted by molar-refractivity contribution is 5.86. The summed E-state index contributed by atoms with van der Waals surface area (Å²) in [7, 11) is 0. The largest absolute Gasteiger partial charge is 0.444 e. The van der Waals surface area contributed by atoms with E-state index >= 15 is 0 Å². The minimum absolute atomic E-state index is 0.0763. The van der Waals surface area contributed by atoms with Gasteiger partial charge in [0.05, 0.1) is 32.0 Å². The maximum absolute atomic E-state index is 14.7. The van der Waals surface area contributed by atoms with Crippen LogP contribution in [-0.4, -0.2) is 84.9 Å². The van der Waals surface area contributed by atoms with Crippen molar-refractivity contribution < 1.29 is 38.0 Å². The highest BCUT2D eigenvalue weighted by atomic mass is 16.6. The van der Waals surface area contributed by atoms with Crippen molar-refractivity contribution in [3.63, 3.8) is 0 Å². The summed E-state index contributed by atoms with van der Waals surface area (Å²) < 4.78 is 39.8. The van der Waals surface area contributed by atoms with E-state index in [0.29, 0.717) is 52.4 Å². The fourth-order valence-corrected chi connectivity index (χ4v) is 8.16. The fraction of sp³-hybridized carbons (Fsp3) is 0.592. The van der Waals surface area contributed by atoms with Crippen molar-refractivity contribution in [2.75, 3.05) is 19.8 Å². The summed E-state index contributed by atoms with van der Waals surface area (Å²) in [6, 6.07) is 29.1. The molecule has 5 rings (SSSR count). The molecule has 0 aliphatic carbocycles. The van der Waals surface area contributed by atoms with Gasteiger partial charge in [0.2, 0.25) is 5.91 Å². The second-order valence-corrected chi connectivity index (χ2v) is 17.4.